The molecule has 1 saturated carbocycles. The predicted molar refractivity (Wildman–Crippen MR) is 45.0 cm³/mol. The van der Waals surface area contributed by atoms with E-state index in [9.17, 15) is 4.79 Å². The summed E-state index contributed by atoms with van der Waals surface area (Å²) in [6, 6.07) is 0.312. The fourth-order valence-corrected chi connectivity index (χ4v) is 2.18. The molecule has 0 aromatic heterocycles. The van der Waals surface area contributed by atoms with Crippen molar-refractivity contribution in [2.75, 3.05) is 13.1 Å². The van der Waals surface area contributed by atoms with Gasteiger partial charge in [-0.25, -0.2) is 0 Å². The smallest absolute Gasteiger partial charge is 0.298 e. The van der Waals surface area contributed by atoms with E-state index in [1.807, 2.05) is 0 Å². The molecule has 3 heteroatoms. The van der Waals surface area contributed by atoms with E-state index in [4.69, 9.17) is 12.2 Å². The highest BCUT2D eigenvalue weighted by Gasteiger charge is 2.45. The molecule has 2 heterocycles. The summed E-state index contributed by atoms with van der Waals surface area (Å²) in [5.41, 5.74) is 5.84. The first-order valence-corrected chi connectivity index (χ1v) is 4.23. The third-order valence-corrected chi connectivity index (χ3v) is 3.01. The lowest BCUT2D eigenvalue weighted by atomic mass is 9.67. The third-order valence-electron chi connectivity index (χ3n) is 3.01. The minimum absolute atomic E-state index is 0.184. The number of hydrogen-bond acceptors (Lipinski definition) is 2. The standard InChI is InChI=1S/C9H12N2O/c1-2-8(12)11-4-6-3-7(5-11)9(6)10/h1,6-7,9H,3-5,10H2. The van der Waals surface area contributed by atoms with Crippen LogP contribution >= 0.6 is 0 Å². The summed E-state index contributed by atoms with van der Waals surface area (Å²) in [4.78, 5) is 12.8. The van der Waals surface area contributed by atoms with E-state index in [1.54, 1.807) is 4.90 Å². The average Bonchev–Trinajstić information content (AvgIpc) is 2.16. The van der Waals surface area contributed by atoms with Crippen molar-refractivity contribution in [3.05, 3.63) is 0 Å². The second-order valence-corrected chi connectivity index (χ2v) is 3.69. The molecule has 1 aliphatic carbocycles. The number of hydrogen-bond donors (Lipinski definition) is 1. The van der Waals surface area contributed by atoms with E-state index in [2.05, 4.69) is 5.92 Å². The highest BCUT2D eigenvalue weighted by Crippen LogP contribution is 2.38. The first-order valence-electron chi connectivity index (χ1n) is 4.23. The fourth-order valence-electron chi connectivity index (χ4n) is 2.18. The molecule has 0 aromatic carbocycles. The van der Waals surface area contributed by atoms with Gasteiger partial charge in [0.05, 0.1) is 0 Å². The first kappa shape index (κ1) is 7.63. The maximum Gasteiger partial charge on any atom is 0.298 e. The zero-order chi connectivity index (χ0) is 8.72. The number of nitrogens with two attached hydrogens (primary N) is 1. The molecule has 0 spiro atoms. The Labute approximate surface area is 71.9 Å². The topological polar surface area (TPSA) is 46.3 Å². The summed E-state index contributed by atoms with van der Waals surface area (Å²) < 4.78 is 0. The number of carbonyl (C=O) groups excluding carboxylic acids is 1. The molecule has 3 aliphatic rings. The summed E-state index contributed by atoms with van der Waals surface area (Å²) in [6.07, 6.45) is 6.20. The Morgan fingerprint density at radius 3 is 2.50 bits per heavy atom. The number of amides is 1. The van der Waals surface area contributed by atoms with E-state index >= 15 is 0 Å². The van der Waals surface area contributed by atoms with Crippen molar-refractivity contribution < 1.29 is 4.79 Å². The number of carbonyl (C=O) groups is 1. The highest BCUT2D eigenvalue weighted by molar-refractivity contribution is 5.93. The SMILES string of the molecule is C#CC(=O)N1CC2CC(C1)C2N. The van der Waals surface area contributed by atoms with Gasteiger partial charge in [0.15, 0.2) is 0 Å². The number of nitrogens with zero attached hydrogens (tertiary/aromatic N) is 1. The summed E-state index contributed by atoms with van der Waals surface area (Å²) in [5.74, 6) is 2.96. The van der Waals surface area contributed by atoms with Gasteiger partial charge in [-0.15, -0.1) is 6.42 Å². The molecule has 0 aromatic rings. The van der Waals surface area contributed by atoms with Gasteiger partial charge >= 0.3 is 0 Å². The zero-order valence-corrected chi connectivity index (χ0v) is 6.86. The lowest BCUT2D eigenvalue weighted by Gasteiger charge is -2.51. The molecule has 3 nitrogen and oxygen atoms in total. The van der Waals surface area contributed by atoms with Crippen molar-refractivity contribution >= 4 is 5.91 Å². The summed E-state index contributed by atoms with van der Waals surface area (Å²) in [5, 5.41) is 0. The highest BCUT2D eigenvalue weighted by atomic mass is 16.2. The molecule has 2 saturated heterocycles. The van der Waals surface area contributed by atoms with Crippen LogP contribution in [-0.4, -0.2) is 29.9 Å². The molecule has 2 bridgehead atoms. The summed E-state index contributed by atoms with van der Waals surface area (Å²) in [6.45, 7) is 1.53. The second kappa shape index (κ2) is 2.49. The van der Waals surface area contributed by atoms with E-state index in [-0.39, 0.29) is 5.91 Å². The first-order chi connectivity index (χ1) is 5.72. The van der Waals surface area contributed by atoms with Gasteiger partial charge in [0.25, 0.3) is 5.91 Å². The molecule has 2 N–H and O–H groups in total. The van der Waals surface area contributed by atoms with Gasteiger partial charge in [0.1, 0.15) is 0 Å². The molecule has 2 atom stereocenters. The lowest BCUT2D eigenvalue weighted by Crippen LogP contribution is -2.62. The molecule has 3 fully saturated rings. The Morgan fingerprint density at radius 1 is 1.50 bits per heavy atom. The van der Waals surface area contributed by atoms with E-state index in [0.717, 1.165) is 13.1 Å². The van der Waals surface area contributed by atoms with Crippen LogP contribution in [0.5, 0.6) is 0 Å². The van der Waals surface area contributed by atoms with Crippen molar-refractivity contribution in [3.8, 4) is 12.3 Å². The quantitative estimate of drug-likeness (QED) is 0.487. The van der Waals surface area contributed by atoms with Crippen molar-refractivity contribution in [3.63, 3.8) is 0 Å². The molecule has 2 unspecified atom stereocenters. The van der Waals surface area contributed by atoms with Gasteiger partial charge in [-0.05, 0) is 24.2 Å². The largest absolute Gasteiger partial charge is 0.331 e. The zero-order valence-electron chi connectivity index (χ0n) is 6.86. The second-order valence-electron chi connectivity index (χ2n) is 3.69. The molecule has 64 valence electrons. The number of piperidine rings is 2. The van der Waals surface area contributed by atoms with Gasteiger partial charge < -0.3 is 10.6 Å². The number of fused-ring (bicyclic) bond motifs is 2. The van der Waals surface area contributed by atoms with Gasteiger partial charge in [0.2, 0.25) is 0 Å². The molecular formula is C9H12N2O. The maximum absolute atomic E-state index is 11.1. The van der Waals surface area contributed by atoms with E-state index in [0.29, 0.717) is 17.9 Å². The van der Waals surface area contributed by atoms with Gasteiger partial charge in [-0.1, -0.05) is 0 Å². The lowest BCUT2D eigenvalue weighted by molar-refractivity contribution is -0.132. The van der Waals surface area contributed by atoms with Gasteiger partial charge in [-0.2, -0.15) is 0 Å². The summed E-state index contributed by atoms with van der Waals surface area (Å²) in [7, 11) is 0. The Balaban J connectivity index is 2.00. The number of rotatable bonds is 0. The van der Waals surface area contributed by atoms with Crippen molar-refractivity contribution in [1.82, 2.24) is 4.90 Å². The van der Waals surface area contributed by atoms with Crippen LogP contribution in [0.3, 0.4) is 0 Å². The van der Waals surface area contributed by atoms with Crippen LogP contribution < -0.4 is 5.73 Å². The van der Waals surface area contributed by atoms with Crippen LogP contribution in [0, 0.1) is 24.2 Å². The van der Waals surface area contributed by atoms with Crippen molar-refractivity contribution in [2.45, 2.75) is 12.5 Å². The summed E-state index contributed by atoms with van der Waals surface area (Å²) >= 11 is 0. The van der Waals surface area contributed by atoms with Crippen LogP contribution in [0.1, 0.15) is 6.42 Å². The third kappa shape index (κ3) is 0.919. The van der Waals surface area contributed by atoms with E-state index in [1.165, 1.54) is 6.42 Å². The minimum atomic E-state index is -0.184. The Hall–Kier alpha value is -1.01. The van der Waals surface area contributed by atoms with Crippen LogP contribution in [0.4, 0.5) is 0 Å². The van der Waals surface area contributed by atoms with Crippen LogP contribution in [0.25, 0.3) is 0 Å². The monoisotopic (exact) mass is 164 g/mol. The molecule has 2 aliphatic heterocycles. The predicted octanol–water partition coefficient (Wildman–Crippen LogP) is -0.575. The molecular weight excluding hydrogens is 152 g/mol. The average molecular weight is 164 g/mol. The molecule has 3 rings (SSSR count). The number of terminal acetylenes is 1. The Morgan fingerprint density at radius 2 is 2.08 bits per heavy atom. The van der Waals surface area contributed by atoms with Crippen LogP contribution in [0.15, 0.2) is 0 Å². The fraction of sp³-hybridized carbons (Fsp3) is 0.667. The molecule has 1 amide bonds. The Kier molecular flexibility index (Phi) is 1.59. The molecule has 12 heavy (non-hydrogen) atoms. The van der Waals surface area contributed by atoms with Gasteiger partial charge in [0, 0.05) is 19.1 Å². The maximum atomic E-state index is 11.1. The van der Waals surface area contributed by atoms with Crippen molar-refractivity contribution in [1.29, 1.82) is 0 Å². The van der Waals surface area contributed by atoms with Gasteiger partial charge in [-0.3, -0.25) is 4.79 Å². The van der Waals surface area contributed by atoms with Crippen LogP contribution in [0.2, 0.25) is 0 Å². The van der Waals surface area contributed by atoms with Crippen LogP contribution in [-0.2, 0) is 4.79 Å². The van der Waals surface area contributed by atoms with E-state index < -0.39 is 0 Å². The normalized spacial score (nSPS) is 38.3. The molecule has 0 radical (unpaired) electrons. The Bertz CT molecular complexity index is 244. The minimum Gasteiger partial charge on any atom is -0.331 e. The van der Waals surface area contributed by atoms with Crippen molar-refractivity contribution in [2.24, 2.45) is 17.6 Å².